The molecule has 3 rings (SSSR count). The van der Waals surface area contributed by atoms with Crippen molar-refractivity contribution >= 4 is 0 Å². The maximum absolute atomic E-state index is 4.55. The van der Waals surface area contributed by atoms with E-state index in [2.05, 4.69) is 40.5 Å². The Kier molecular flexibility index (Phi) is 2.65. The van der Waals surface area contributed by atoms with Crippen LogP contribution in [0.4, 0.5) is 0 Å². The minimum Gasteiger partial charge on any atom is -0.315 e. The lowest BCUT2D eigenvalue weighted by Crippen LogP contribution is -2.43. The number of likely N-dealkylation sites (tertiary alicyclic amines) is 1. The van der Waals surface area contributed by atoms with Crippen LogP contribution in [0.1, 0.15) is 24.1 Å². The zero-order valence-corrected chi connectivity index (χ0v) is 9.74. The van der Waals surface area contributed by atoms with Gasteiger partial charge in [0.2, 0.25) is 0 Å². The Labute approximate surface area is 96.9 Å². The highest BCUT2D eigenvalue weighted by Gasteiger charge is 2.23. The van der Waals surface area contributed by atoms with Crippen molar-refractivity contribution < 1.29 is 0 Å². The Morgan fingerprint density at radius 3 is 2.69 bits per heavy atom. The van der Waals surface area contributed by atoms with Gasteiger partial charge < -0.3 is 5.32 Å². The highest BCUT2D eigenvalue weighted by Crippen LogP contribution is 2.21. The van der Waals surface area contributed by atoms with E-state index in [0.29, 0.717) is 5.92 Å². The molecule has 2 aliphatic rings. The predicted octanol–water partition coefficient (Wildman–Crippen LogP) is 1.18. The topological polar surface area (TPSA) is 28.2 Å². The highest BCUT2D eigenvalue weighted by molar-refractivity contribution is 5.21. The van der Waals surface area contributed by atoms with Gasteiger partial charge >= 0.3 is 0 Å². The summed E-state index contributed by atoms with van der Waals surface area (Å²) in [6.07, 6.45) is 2.05. The lowest BCUT2D eigenvalue weighted by molar-refractivity contribution is 0.200. The molecule has 1 N–H and O–H groups in total. The fraction of sp³-hybridized carbons (Fsp3) is 0.538. The number of rotatable bonds is 3. The molecule has 1 radical (unpaired) electrons. The molecule has 0 spiro atoms. The lowest BCUT2D eigenvalue weighted by atomic mass is 9.95. The summed E-state index contributed by atoms with van der Waals surface area (Å²) >= 11 is 0. The third kappa shape index (κ3) is 1.97. The molecule has 0 saturated carbocycles. The first-order chi connectivity index (χ1) is 7.81. The number of hydrogen-bond donors (Lipinski definition) is 1. The summed E-state index contributed by atoms with van der Waals surface area (Å²) in [5, 5.41) is 3.29. The second-order valence-corrected chi connectivity index (χ2v) is 5.04. The summed E-state index contributed by atoms with van der Waals surface area (Å²) in [4.78, 5) is 6.97. The fourth-order valence-electron chi connectivity index (χ4n) is 2.35. The second-order valence-electron chi connectivity index (χ2n) is 5.04. The molecule has 0 amide bonds. The van der Waals surface area contributed by atoms with Crippen LogP contribution in [-0.2, 0) is 6.54 Å². The van der Waals surface area contributed by atoms with Crippen LogP contribution in [0.15, 0.2) is 18.3 Å². The molecule has 0 bridgehead atoms. The number of hydrogen-bond acceptors (Lipinski definition) is 3. The summed E-state index contributed by atoms with van der Waals surface area (Å²) in [5.74, 6) is 2.28. The molecule has 3 nitrogen and oxygen atoms in total. The van der Waals surface area contributed by atoms with Crippen molar-refractivity contribution in [2.45, 2.75) is 19.4 Å². The minimum absolute atomic E-state index is 0.695. The van der Waals surface area contributed by atoms with Crippen molar-refractivity contribution in [3.05, 3.63) is 35.5 Å². The monoisotopic (exact) mass is 216 g/mol. The van der Waals surface area contributed by atoms with Crippen molar-refractivity contribution in [3.63, 3.8) is 0 Å². The zero-order chi connectivity index (χ0) is 11.0. The maximum atomic E-state index is 4.55. The van der Waals surface area contributed by atoms with Crippen LogP contribution in [0.25, 0.3) is 0 Å². The molecule has 3 heterocycles. The fourth-order valence-corrected chi connectivity index (χ4v) is 2.35. The number of aromatic nitrogens is 1. The lowest BCUT2D eigenvalue weighted by Gasteiger charge is -2.36. The normalized spacial score (nSPS) is 22.8. The van der Waals surface area contributed by atoms with E-state index in [1.165, 1.54) is 11.3 Å². The van der Waals surface area contributed by atoms with Crippen molar-refractivity contribution in [3.8, 4) is 0 Å². The zero-order valence-electron chi connectivity index (χ0n) is 9.74. The largest absolute Gasteiger partial charge is 0.315 e. The van der Waals surface area contributed by atoms with E-state index >= 15 is 0 Å². The molecule has 16 heavy (non-hydrogen) atoms. The standard InChI is InChI=1S/C13H18N3/c1-10-7-16(8-10)9-13-3-2-11(6-15-13)12-4-14-5-12/h2-3,6,12,14H,4-5,7-9H2,1H3. The van der Waals surface area contributed by atoms with Gasteiger partial charge in [-0.2, -0.15) is 0 Å². The van der Waals surface area contributed by atoms with Crippen molar-refractivity contribution in [2.75, 3.05) is 26.2 Å². The van der Waals surface area contributed by atoms with Gasteiger partial charge in [0.1, 0.15) is 0 Å². The molecule has 0 atom stereocenters. The molecule has 0 aliphatic carbocycles. The molecular weight excluding hydrogens is 198 g/mol. The van der Waals surface area contributed by atoms with Crippen LogP contribution < -0.4 is 5.32 Å². The van der Waals surface area contributed by atoms with E-state index in [4.69, 9.17) is 0 Å². The number of nitrogens with one attached hydrogen (secondary N) is 1. The quantitative estimate of drug-likeness (QED) is 0.822. The Bertz CT molecular complexity index is 350. The van der Waals surface area contributed by atoms with Crippen LogP contribution in [0.5, 0.6) is 0 Å². The first-order valence-corrected chi connectivity index (χ1v) is 6.00. The van der Waals surface area contributed by atoms with Crippen LogP contribution in [0.3, 0.4) is 0 Å². The third-order valence-electron chi connectivity index (χ3n) is 3.47. The van der Waals surface area contributed by atoms with Gasteiger partial charge in [0.15, 0.2) is 0 Å². The Balaban J connectivity index is 1.59. The van der Waals surface area contributed by atoms with E-state index in [-0.39, 0.29) is 0 Å². The van der Waals surface area contributed by atoms with Gasteiger partial charge in [0, 0.05) is 50.8 Å². The molecule has 2 aliphatic heterocycles. The van der Waals surface area contributed by atoms with Gasteiger partial charge in [-0.3, -0.25) is 9.88 Å². The molecule has 85 valence electrons. The molecule has 3 heteroatoms. The van der Waals surface area contributed by atoms with Crippen LogP contribution in [-0.4, -0.2) is 36.1 Å². The smallest absolute Gasteiger partial charge is 0.0544 e. The molecular formula is C13H18N3. The summed E-state index contributed by atoms with van der Waals surface area (Å²) in [5.41, 5.74) is 2.58. The highest BCUT2D eigenvalue weighted by atomic mass is 15.2. The SMILES string of the molecule is C[C]1CN(Cc2ccc(C3CNC3)cn2)C1. The van der Waals surface area contributed by atoms with Gasteiger partial charge in [-0.15, -0.1) is 0 Å². The summed E-state index contributed by atoms with van der Waals surface area (Å²) in [6.45, 7) is 7.74. The summed E-state index contributed by atoms with van der Waals surface area (Å²) in [7, 11) is 0. The summed E-state index contributed by atoms with van der Waals surface area (Å²) < 4.78 is 0. The van der Waals surface area contributed by atoms with Gasteiger partial charge in [0.25, 0.3) is 0 Å². The minimum atomic E-state index is 0.695. The number of pyridine rings is 1. The van der Waals surface area contributed by atoms with Crippen molar-refractivity contribution in [1.82, 2.24) is 15.2 Å². The Morgan fingerprint density at radius 1 is 1.38 bits per heavy atom. The molecule has 0 unspecified atom stereocenters. The first-order valence-electron chi connectivity index (χ1n) is 6.00. The van der Waals surface area contributed by atoms with Gasteiger partial charge in [0.05, 0.1) is 5.69 Å². The van der Waals surface area contributed by atoms with Gasteiger partial charge in [-0.1, -0.05) is 13.0 Å². The molecule has 2 saturated heterocycles. The molecule has 0 aromatic carbocycles. The molecule has 1 aromatic rings. The second kappa shape index (κ2) is 4.15. The third-order valence-corrected chi connectivity index (χ3v) is 3.47. The van der Waals surface area contributed by atoms with E-state index in [1.54, 1.807) is 5.92 Å². The van der Waals surface area contributed by atoms with E-state index in [1.807, 2.05) is 0 Å². The van der Waals surface area contributed by atoms with Crippen LogP contribution >= 0.6 is 0 Å². The van der Waals surface area contributed by atoms with Crippen molar-refractivity contribution in [2.24, 2.45) is 0 Å². The van der Waals surface area contributed by atoms with Crippen LogP contribution in [0.2, 0.25) is 0 Å². The first kappa shape index (κ1) is 10.2. The predicted molar refractivity (Wildman–Crippen MR) is 64.0 cm³/mol. The number of nitrogens with zero attached hydrogens (tertiary/aromatic N) is 2. The van der Waals surface area contributed by atoms with Crippen LogP contribution in [0, 0.1) is 5.92 Å². The van der Waals surface area contributed by atoms with E-state index < -0.39 is 0 Å². The Morgan fingerprint density at radius 2 is 2.19 bits per heavy atom. The van der Waals surface area contributed by atoms with E-state index in [9.17, 15) is 0 Å². The van der Waals surface area contributed by atoms with Gasteiger partial charge in [-0.05, 0) is 11.6 Å². The Hall–Kier alpha value is -0.930. The van der Waals surface area contributed by atoms with E-state index in [0.717, 1.165) is 32.7 Å². The average molecular weight is 216 g/mol. The van der Waals surface area contributed by atoms with Crippen molar-refractivity contribution in [1.29, 1.82) is 0 Å². The summed E-state index contributed by atoms with van der Waals surface area (Å²) in [6, 6.07) is 4.42. The average Bonchev–Trinajstić information content (AvgIpc) is 2.16. The molecule has 2 fully saturated rings. The molecule has 1 aromatic heterocycles. The maximum Gasteiger partial charge on any atom is 0.0544 e. The van der Waals surface area contributed by atoms with Gasteiger partial charge in [-0.25, -0.2) is 0 Å².